The number of rotatable bonds is 5. The number of amides is 1. The van der Waals surface area contributed by atoms with Gasteiger partial charge >= 0.3 is 0 Å². The summed E-state index contributed by atoms with van der Waals surface area (Å²) in [4.78, 5) is 27.1. The van der Waals surface area contributed by atoms with Gasteiger partial charge in [-0.2, -0.15) is 0 Å². The van der Waals surface area contributed by atoms with E-state index >= 15 is 0 Å². The molecular formula is C22H29N3O2. The Labute approximate surface area is 161 Å². The smallest absolute Gasteiger partial charge is 0.250 e. The SMILES string of the molecule is CC[C@H](C)NC(=O)[C@@H]1C[C@H](C)N(Cc2ccn(C)c(=O)c2)c2ccccc21. The molecule has 0 saturated carbocycles. The van der Waals surface area contributed by atoms with Crippen molar-refractivity contribution in [2.24, 2.45) is 7.05 Å². The molecule has 0 aliphatic carbocycles. The van der Waals surface area contributed by atoms with Gasteiger partial charge in [0, 0.05) is 43.6 Å². The van der Waals surface area contributed by atoms with Crippen molar-refractivity contribution in [1.82, 2.24) is 9.88 Å². The first-order valence-electron chi connectivity index (χ1n) is 9.72. The summed E-state index contributed by atoms with van der Waals surface area (Å²) in [7, 11) is 1.76. The highest BCUT2D eigenvalue weighted by atomic mass is 16.2. The third-order valence-corrected chi connectivity index (χ3v) is 5.57. The molecule has 0 bridgehead atoms. The molecule has 1 amide bonds. The van der Waals surface area contributed by atoms with Gasteiger partial charge in [0.2, 0.25) is 5.91 Å². The molecule has 0 radical (unpaired) electrons. The van der Waals surface area contributed by atoms with Crippen LogP contribution in [0, 0.1) is 0 Å². The zero-order valence-corrected chi connectivity index (χ0v) is 16.6. The Balaban J connectivity index is 1.90. The normalized spacial score (nSPS) is 20.1. The topological polar surface area (TPSA) is 54.3 Å². The van der Waals surface area contributed by atoms with Crippen molar-refractivity contribution < 1.29 is 4.79 Å². The third kappa shape index (κ3) is 4.07. The Morgan fingerprint density at radius 1 is 1.30 bits per heavy atom. The number of hydrogen-bond donors (Lipinski definition) is 1. The van der Waals surface area contributed by atoms with Gasteiger partial charge < -0.3 is 14.8 Å². The standard InChI is InChI=1S/C22H29N3O2/c1-5-15(2)23-22(27)19-12-16(3)25(20-9-7-6-8-18(19)20)14-17-10-11-24(4)21(26)13-17/h6-11,13,15-16,19H,5,12,14H2,1-4H3,(H,23,27)/t15-,16-,19+/m0/s1. The zero-order chi connectivity index (χ0) is 19.6. The highest BCUT2D eigenvalue weighted by molar-refractivity contribution is 5.87. The van der Waals surface area contributed by atoms with Crippen LogP contribution in [0.4, 0.5) is 5.69 Å². The van der Waals surface area contributed by atoms with Gasteiger partial charge in [-0.1, -0.05) is 25.1 Å². The molecule has 1 aromatic heterocycles. The monoisotopic (exact) mass is 367 g/mol. The summed E-state index contributed by atoms with van der Waals surface area (Å²) in [6.07, 6.45) is 3.50. The molecule has 2 aromatic rings. The summed E-state index contributed by atoms with van der Waals surface area (Å²) in [5, 5.41) is 3.14. The molecule has 1 N–H and O–H groups in total. The molecule has 5 nitrogen and oxygen atoms in total. The minimum Gasteiger partial charge on any atom is -0.364 e. The van der Waals surface area contributed by atoms with Crippen LogP contribution >= 0.6 is 0 Å². The molecule has 1 aliphatic rings. The summed E-state index contributed by atoms with van der Waals surface area (Å²) in [6.45, 7) is 6.93. The maximum atomic E-state index is 12.8. The number of nitrogens with one attached hydrogen (secondary N) is 1. The number of aromatic nitrogens is 1. The van der Waals surface area contributed by atoms with Gasteiger partial charge in [0.15, 0.2) is 0 Å². The molecule has 144 valence electrons. The van der Waals surface area contributed by atoms with Crippen molar-refractivity contribution in [3.8, 4) is 0 Å². The lowest BCUT2D eigenvalue weighted by Gasteiger charge is -2.40. The highest BCUT2D eigenvalue weighted by Gasteiger charge is 2.34. The Morgan fingerprint density at radius 3 is 2.74 bits per heavy atom. The van der Waals surface area contributed by atoms with Gasteiger partial charge in [0.25, 0.3) is 5.56 Å². The predicted molar refractivity (Wildman–Crippen MR) is 109 cm³/mol. The number of benzene rings is 1. The van der Waals surface area contributed by atoms with E-state index in [0.717, 1.165) is 29.7 Å². The molecule has 0 spiro atoms. The van der Waals surface area contributed by atoms with Gasteiger partial charge in [0.1, 0.15) is 0 Å². The number of nitrogens with zero attached hydrogens (tertiary/aromatic N) is 2. The Kier molecular flexibility index (Phi) is 5.68. The lowest BCUT2D eigenvalue weighted by molar-refractivity contribution is -0.123. The number of aryl methyl sites for hydroxylation is 1. The molecule has 0 unspecified atom stereocenters. The van der Waals surface area contributed by atoms with Gasteiger partial charge in [-0.05, 0) is 49.9 Å². The van der Waals surface area contributed by atoms with E-state index in [1.807, 2.05) is 25.1 Å². The fraction of sp³-hybridized carbons (Fsp3) is 0.455. The van der Waals surface area contributed by atoms with Crippen molar-refractivity contribution >= 4 is 11.6 Å². The maximum Gasteiger partial charge on any atom is 0.250 e. The summed E-state index contributed by atoms with van der Waals surface area (Å²) in [6, 6.07) is 12.2. The average molecular weight is 367 g/mol. The van der Waals surface area contributed by atoms with Crippen LogP contribution in [0.15, 0.2) is 47.4 Å². The second-order valence-electron chi connectivity index (χ2n) is 7.63. The molecule has 0 saturated heterocycles. The lowest BCUT2D eigenvalue weighted by Crippen LogP contribution is -2.44. The molecule has 1 aromatic carbocycles. The van der Waals surface area contributed by atoms with E-state index in [2.05, 4.69) is 36.2 Å². The van der Waals surface area contributed by atoms with Crippen molar-refractivity contribution in [2.75, 3.05) is 4.90 Å². The predicted octanol–water partition coefficient (Wildman–Crippen LogP) is 3.18. The number of carbonyl (C=O) groups is 1. The van der Waals surface area contributed by atoms with Crippen LogP contribution in [0.1, 0.15) is 50.7 Å². The summed E-state index contributed by atoms with van der Waals surface area (Å²) in [5.74, 6) is -0.0260. The minimum atomic E-state index is -0.134. The van der Waals surface area contributed by atoms with Crippen LogP contribution in [-0.2, 0) is 18.4 Å². The quantitative estimate of drug-likeness (QED) is 0.883. The van der Waals surface area contributed by atoms with Gasteiger partial charge in [-0.25, -0.2) is 0 Å². The third-order valence-electron chi connectivity index (χ3n) is 5.57. The Hall–Kier alpha value is -2.56. The molecule has 2 heterocycles. The van der Waals surface area contributed by atoms with E-state index in [-0.39, 0.29) is 29.5 Å². The van der Waals surface area contributed by atoms with E-state index < -0.39 is 0 Å². The number of para-hydroxylation sites is 1. The molecule has 0 fully saturated rings. The number of hydrogen-bond acceptors (Lipinski definition) is 3. The van der Waals surface area contributed by atoms with E-state index in [1.165, 1.54) is 0 Å². The van der Waals surface area contributed by atoms with E-state index in [4.69, 9.17) is 0 Å². The number of pyridine rings is 1. The summed E-state index contributed by atoms with van der Waals surface area (Å²) >= 11 is 0. The largest absolute Gasteiger partial charge is 0.364 e. The molecule has 27 heavy (non-hydrogen) atoms. The first-order valence-corrected chi connectivity index (χ1v) is 9.72. The Morgan fingerprint density at radius 2 is 2.04 bits per heavy atom. The minimum absolute atomic E-state index is 0.00347. The lowest BCUT2D eigenvalue weighted by atomic mass is 9.85. The molecular weight excluding hydrogens is 338 g/mol. The van der Waals surface area contributed by atoms with Gasteiger partial charge in [0.05, 0.1) is 5.92 Å². The van der Waals surface area contributed by atoms with Crippen LogP contribution in [0.5, 0.6) is 0 Å². The summed E-state index contributed by atoms with van der Waals surface area (Å²) < 4.78 is 1.58. The second kappa shape index (κ2) is 7.99. The fourth-order valence-corrected chi connectivity index (χ4v) is 3.70. The molecule has 3 rings (SSSR count). The maximum absolute atomic E-state index is 12.8. The average Bonchev–Trinajstić information content (AvgIpc) is 2.66. The second-order valence-corrected chi connectivity index (χ2v) is 7.63. The first-order chi connectivity index (χ1) is 12.9. The van der Waals surface area contributed by atoms with Crippen LogP contribution in [0.3, 0.4) is 0 Å². The van der Waals surface area contributed by atoms with Crippen molar-refractivity contribution in [2.45, 2.75) is 58.2 Å². The van der Waals surface area contributed by atoms with Crippen molar-refractivity contribution in [1.29, 1.82) is 0 Å². The number of carbonyl (C=O) groups excluding carboxylic acids is 1. The zero-order valence-electron chi connectivity index (χ0n) is 16.6. The van der Waals surface area contributed by atoms with Gasteiger partial charge in [-0.15, -0.1) is 0 Å². The van der Waals surface area contributed by atoms with Crippen LogP contribution in [0.2, 0.25) is 0 Å². The number of anilines is 1. The molecule has 5 heteroatoms. The number of fused-ring (bicyclic) bond motifs is 1. The molecule has 1 aliphatic heterocycles. The molecule has 3 atom stereocenters. The highest BCUT2D eigenvalue weighted by Crippen LogP contribution is 2.39. The van der Waals surface area contributed by atoms with E-state index in [1.54, 1.807) is 23.9 Å². The van der Waals surface area contributed by atoms with Crippen molar-refractivity contribution in [3.63, 3.8) is 0 Å². The van der Waals surface area contributed by atoms with Crippen molar-refractivity contribution in [3.05, 3.63) is 64.1 Å². The Bertz CT molecular complexity index is 874. The van der Waals surface area contributed by atoms with Crippen LogP contribution in [-0.4, -0.2) is 22.6 Å². The van der Waals surface area contributed by atoms with E-state index in [9.17, 15) is 9.59 Å². The van der Waals surface area contributed by atoms with Crippen LogP contribution in [0.25, 0.3) is 0 Å². The fourth-order valence-electron chi connectivity index (χ4n) is 3.70. The van der Waals surface area contributed by atoms with Crippen LogP contribution < -0.4 is 15.8 Å². The summed E-state index contributed by atoms with van der Waals surface area (Å²) in [5.41, 5.74) is 3.14. The van der Waals surface area contributed by atoms with E-state index in [0.29, 0.717) is 6.54 Å². The van der Waals surface area contributed by atoms with Gasteiger partial charge in [-0.3, -0.25) is 9.59 Å². The first kappa shape index (κ1) is 19.2.